The van der Waals surface area contributed by atoms with Gasteiger partial charge in [0, 0.05) is 23.1 Å². The summed E-state index contributed by atoms with van der Waals surface area (Å²) in [5.41, 5.74) is 0.127. The van der Waals surface area contributed by atoms with Crippen molar-refractivity contribution in [1.29, 1.82) is 0 Å². The molecule has 0 bridgehead atoms. The van der Waals surface area contributed by atoms with E-state index in [2.05, 4.69) is 0 Å². The zero-order valence-corrected chi connectivity index (χ0v) is 18.1. The predicted octanol–water partition coefficient (Wildman–Crippen LogP) is 7.14. The quantitative estimate of drug-likeness (QED) is 0.280. The van der Waals surface area contributed by atoms with E-state index in [9.17, 15) is 22.0 Å². The molecule has 1 fully saturated rings. The maximum atomic E-state index is 14.7. The Bertz CT molecular complexity index is 1170. The molecule has 0 aliphatic carbocycles. The highest BCUT2D eigenvalue weighted by atomic mass is 19.3. The average Bonchev–Trinajstić information content (AvgIpc) is 2.82. The first-order valence-corrected chi connectivity index (χ1v) is 10.5. The lowest BCUT2D eigenvalue weighted by Crippen LogP contribution is -2.26. The van der Waals surface area contributed by atoms with Crippen LogP contribution in [0.3, 0.4) is 0 Å². The van der Waals surface area contributed by atoms with Gasteiger partial charge in [-0.05, 0) is 48.9 Å². The Morgan fingerprint density at radius 1 is 0.853 bits per heavy atom. The van der Waals surface area contributed by atoms with E-state index >= 15 is 0 Å². The van der Waals surface area contributed by atoms with Gasteiger partial charge in [-0.15, -0.1) is 0 Å². The smallest absolute Gasteiger partial charge is 0.426 e. The van der Waals surface area contributed by atoms with Crippen LogP contribution in [-0.4, -0.2) is 13.2 Å². The Balaban J connectivity index is 1.45. The van der Waals surface area contributed by atoms with Crippen LogP contribution in [-0.2, 0) is 15.6 Å². The Kier molecular flexibility index (Phi) is 7.00. The third kappa shape index (κ3) is 5.29. The van der Waals surface area contributed by atoms with Gasteiger partial charge >= 0.3 is 6.11 Å². The van der Waals surface area contributed by atoms with Crippen molar-refractivity contribution >= 4 is 0 Å². The van der Waals surface area contributed by atoms with Gasteiger partial charge in [0.1, 0.15) is 11.6 Å². The second kappa shape index (κ2) is 9.95. The van der Waals surface area contributed by atoms with Crippen LogP contribution in [0.4, 0.5) is 22.0 Å². The monoisotopic (exact) mass is 476 g/mol. The van der Waals surface area contributed by atoms with Crippen molar-refractivity contribution in [3.05, 3.63) is 101 Å². The first-order valence-electron chi connectivity index (χ1n) is 10.5. The minimum Gasteiger partial charge on any atom is -0.429 e. The van der Waals surface area contributed by atoms with Crippen molar-refractivity contribution in [2.75, 3.05) is 13.2 Å². The van der Waals surface area contributed by atoms with E-state index in [1.165, 1.54) is 30.3 Å². The number of hydrogen-bond acceptors (Lipinski definition) is 3. The Morgan fingerprint density at radius 3 is 2.18 bits per heavy atom. The summed E-state index contributed by atoms with van der Waals surface area (Å²) in [5.74, 6) is -3.42. The van der Waals surface area contributed by atoms with Crippen LogP contribution in [0, 0.1) is 23.4 Å². The van der Waals surface area contributed by atoms with Gasteiger partial charge in [-0.25, -0.2) is 13.2 Å². The van der Waals surface area contributed by atoms with Crippen molar-refractivity contribution in [2.45, 2.75) is 19.3 Å². The molecule has 0 spiro atoms. The van der Waals surface area contributed by atoms with Gasteiger partial charge in [-0.3, -0.25) is 0 Å². The van der Waals surface area contributed by atoms with Crippen molar-refractivity contribution in [3.63, 3.8) is 0 Å². The van der Waals surface area contributed by atoms with Gasteiger partial charge < -0.3 is 14.2 Å². The number of alkyl halides is 2. The summed E-state index contributed by atoms with van der Waals surface area (Å²) in [6.07, 6.45) is -0.510. The van der Waals surface area contributed by atoms with Crippen molar-refractivity contribution in [2.24, 2.45) is 5.92 Å². The number of halogens is 5. The van der Waals surface area contributed by atoms with Gasteiger partial charge in [-0.2, -0.15) is 8.78 Å². The van der Waals surface area contributed by atoms with Crippen LogP contribution in [0.15, 0.2) is 72.8 Å². The zero-order valence-electron chi connectivity index (χ0n) is 18.1. The highest BCUT2D eigenvalue weighted by Gasteiger charge is 2.35. The third-order valence-electron chi connectivity index (χ3n) is 5.32. The fourth-order valence-corrected chi connectivity index (χ4v) is 3.59. The molecule has 4 rings (SSSR count). The van der Waals surface area contributed by atoms with E-state index in [0.29, 0.717) is 18.8 Å². The highest BCUT2D eigenvalue weighted by molar-refractivity contribution is 5.65. The summed E-state index contributed by atoms with van der Waals surface area (Å²) in [5, 5.41) is 0. The van der Waals surface area contributed by atoms with Gasteiger partial charge in [0.2, 0.25) is 0 Å². The molecular formula is C26H21F5O3. The largest absolute Gasteiger partial charge is 0.429 e. The fourth-order valence-electron chi connectivity index (χ4n) is 3.59. The van der Waals surface area contributed by atoms with Crippen LogP contribution in [0.25, 0.3) is 11.1 Å². The molecule has 1 saturated heterocycles. The summed E-state index contributed by atoms with van der Waals surface area (Å²) in [7, 11) is 0. The maximum absolute atomic E-state index is 14.7. The molecular weight excluding hydrogens is 455 g/mol. The van der Waals surface area contributed by atoms with Crippen LogP contribution >= 0.6 is 0 Å². The van der Waals surface area contributed by atoms with Crippen molar-refractivity contribution in [1.82, 2.24) is 0 Å². The minimum atomic E-state index is -3.75. The number of ether oxygens (including phenoxy) is 3. The number of hydrogen-bond donors (Lipinski definition) is 0. The van der Waals surface area contributed by atoms with Crippen LogP contribution < -0.4 is 4.74 Å². The molecule has 0 atom stereocenters. The van der Waals surface area contributed by atoms with Gasteiger partial charge in [-0.1, -0.05) is 30.4 Å². The lowest BCUT2D eigenvalue weighted by Gasteiger charge is -2.28. The third-order valence-corrected chi connectivity index (χ3v) is 5.32. The molecule has 0 saturated carbocycles. The van der Waals surface area contributed by atoms with Crippen LogP contribution in [0.1, 0.15) is 24.3 Å². The normalized spacial score (nSPS) is 18.9. The molecule has 0 unspecified atom stereocenters. The van der Waals surface area contributed by atoms with E-state index in [1.54, 1.807) is 0 Å². The molecule has 0 radical (unpaired) electrons. The molecule has 3 aromatic rings. The van der Waals surface area contributed by atoms with Crippen molar-refractivity contribution < 1.29 is 36.2 Å². The Labute approximate surface area is 193 Å². The van der Waals surface area contributed by atoms with Gasteiger partial charge in [0.05, 0.1) is 18.8 Å². The number of rotatable bonds is 6. The zero-order chi connectivity index (χ0) is 24.3. The van der Waals surface area contributed by atoms with E-state index in [0.717, 1.165) is 30.3 Å². The Morgan fingerprint density at radius 2 is 1.56 bits per heavy atom. The molecule has 0 aromatic heterocycles. The van der Waals surface area contributed by atoms with E-state index in [1.807, 2.05) is 19.1 Å². The SMILES string of the molecule is C/C=C/C1COC(c2ccc(C(F)(F)Oc3ccc(-c4ccc(F)c(F)c4)c(F)c3)cc2)OC1. The standard InChI is InChI=1S/C26H21F5O3/c1-2-3-16-14-32-25(33-15-16)17-4-7-19(8-5-17)26(30,31)34-20-9-10-21(23(28)13-20)18-6-11-22(27)24(29)12-18/h2-13,16,25H,14-15H2,1H3/b3-2+. The van der Waals surface area contributed by atoms with E-state index in [-0.39, 0.29) is 17.0 Å². The fraction of sp³-hybridized carbons (Fsp3) is 0.231. The molecule has 178 valence electrons. The summed E-state index contributed by atoms with van der Waals surface area (Å²) < 4.78 is 86.5. The predicted molar refractivity (Wildman–Crippen MR) is 116 cm³/mol. The summed E-state index contributed by atoms with van der Waals surface area (Å²) >= 11 is 0. The highest BCUT2D eigenvalue weighted by Crippen LogP contribution is 2.35. The van der Waals surface area contributed by atoms with Crippen LogP contribution in [0.5, 0.6) is 5.75 Å². The molecule has 1 aliphatic rings. The molecule has 0 amide bonds. The lowest BCUT2D eigenvalue weighted by molar-refractivity contribution is -0.198. The second-order valence-corrected chi connectivity index (χ2v) is 7.80. The molecule has 3 aromatic carbocycles. The summed E-state index contributed by atoms with van der Waals surface area (Å²) in [6.45, 7) is 2.83. The minimum absolute atomic E-state index is 0.0643. The molecule has 1 heterocycles. The van der Waals surface area contributed by atoms with Crippen molar-refractivity contribution in [3.8, 4) is 16.9 Å². The van der Waals surface area contributed by atoms with Crippen LogP contribution in [0.2, 0.25) is 0 Å². The first-order chi connectivity index (χ1) is 16.3. The average molecular weight is 476 g/mol. The first kappa shape index (κ1) is 23.9. The maximum Gasteiger partial charge on any atom is 0.426 e. The molecule has 1 aliphatic heterocycles. The lowest BCUT2D eigenvalue weighted by atomic mass is 10.0. The topological polar surface area (TPSA) is 27.7 Å². The van der Waals surface area contributed by atoms with Gasteiger partial charge in [0.15, 0.2) is 17.9 Å². The van der Waals surface area contributed by atoms with Gasteiger partial charge in [0.25, 0.3) is 0 Å². The van der Waals surface area contributed by atoms with E-state index < -0.39 is 41.2 Å². The molecule has 34 heavy (non-hydrogen) atoms. The number of benzene rings is 3. The molecule has 0 N–H and O–H groups in total. The second-order valence-electron chi connectivity index (χ2n) is 7.80. The number of allylic oxidation sites excluding steroid dienone is 1. The summed E-state index contributed by atoms with van der Waals surface area (Å²) in [6, 6.07) is 11.2. The Hall–Kier alpha value is -3.23. The summed E-state index contributed by atoms with van der Waals surface area (Å²) in [4.78, 5) is 0. The molecule has 3 nitrogen and oxygen atoms in total. The van der Waals surface area contributed by atoms with E-state index in [4.69, 9.17) is 14.2 Å². The molecule has 8 heteroatoms.